The van der Waals surface area contributed by atoms with Crippen molar-refractivity contribution in [3.05, 3.63) is 43.0 Å². The second kappa shape index (κ2) is 5.06. The van der Waals surface area contributed by atoms with Gasteiger partial charge in [0.2, 0.25) is 0 Å². The molecule has 94 valence electrons. The molecule has 1 aromatic heterocycles. The zero-order chi connectivity index (χ0) is 12.4. The molecular formula is C14H17N3S. The van der Waals surface area contributed by atoms with Gasteiger partial charge in [-0.15, -0.1) is 0 Å². The van der Waals surface area contributed by atoms with Gasteiger partial charge < -0.3 is 9.88 Å². The minimum atomic E-state index is 0.569. The number of rotatable bonds is 3. The highest BCUT2D eigenvalue weighted by Crippen LogP contribution is 2.30. The molecule has 3 rings (SSSR count). The van der Waals surface area contributed by atoms with Crippen LogP contribution in [0.25, 0.3) is 5.69 Å². The predicted octanol–water partition coefficient (Wildman–Crippen LogP) is 3.18. The van der Waals surface area contributed by atoms with Gasteiger partial charge >= 0.3 is 0 Å². The van der Waals surface area contributed by atoms with Crippen LogP contribution in [0, 0.1) is 0 Å². The molecule has 0 spiro atoms. The SMILES string of the molecule is CC1SCCC1Nc1ccccc1-n1ccnc1. The highest BCUT2D eigenvalue weighted by Gasteiger charge is 2.24. The van der Waals surface area contributed by atoms with Crippen LogP contribution in [0.4, 0.5) is 5.69 Å². The van der Waals surface area contributed by atoms with E-state index in [4.69, 9.17) is 0 Å². The lowest BCUT2D eigenvalue weighted by Crippen LogP contribution is -2.25. The predicted molar refractivity (Wildman–Crippen MR) is 77.5 cm³/mol. The number of thioether (sulfide) groups is 1. The maximum absolute atomic E-state index is 4.12. The number of para-hydroxylation sites is 2. The van der Waals surface area contributed by atoms with Gasteiger partial charge in [0.15, 0.2) is 0 Å². The number of imidazole rings is 1. The van der Waals surface area contributed by atoms with E-state index in [9.17, 15) is 0 Å². The van der Waals surface area contributed by atoms with Crippen molar-refractivity contribution >= 4 is 17.4 Å². The Morgan fingerprint density at radius 2 is 2.28 bits per heavy atom. The third-order valence-electron chi connectivity index (χ3n) is 3.40. The average Bonchev–Trinajstić information content (AvgIpc) is 3.03. The van der Waals surface area contributed by atoms with Crippen LogP contribution in [0.1, 0.15) is 13.3 Å². The molecule has 1 aromatic carbocycles. The minimum absolute atomic E-state index is 0.569. The van der Waals surface area contributed by atoms with Crippen molar-refractivity contribution < 1.29 is 0 Å². The summed E-state index contributed by atoms with van der Waals surface area (Å²) in [5.41, 5.74) is 2.36. The first-order valence-electron chi connectivity index (χ1n) is 6.30. The fourth-order valence-corrected chi connectivity index (χ4v) is 3.54. The van der Waals surface area contributed by atoms with Crippen LogP contribution in [0.3, 0.4) is 0 Å². The van der Waals surface area contributed by atoms with Gasteiger partial charge in [0, 0.05) is 23.7 Å². The van der Waals surface area contributed by atoms with Crippen LogP contribution in [-0.2, 0) is 0 Å². The van der Waals surface area contributed by atoms with Crippen molar-refractivity contribution in [2.45, 2.75) is 24.6 Å². The van der Waals surface area contributed by atoms with Gasteiger partial charge in [0.05, 0.1) is 17.7 Å². The normalized spacial score (nSPS) is 23.2. The molecule has 2 unspecified atom stereocenters. The Balaban J connectivity index is 1.88. The number of anilines is 1. The first-order chi connectivity index (χ1) is 8.84. The molecule has 0 bridgehead atoms. The lowest BCUT2D eigenvalue weighted by Gasteiger charge is -2.20. The molecule has 1 N–H and O–H groups in total. The van der Waals surface area contributed by atoms with Gasteiger partial charge in [-0.25, -0.2) is 4.98 Å². The van der Waals surface area contributed by atoms with Gasteiger partial charge in [-0.05, 0) is 24.3 Å². The zero-order valence-electron chi connectivity index (χ0n) is 10.4. The number of aromatic nitrogens is 2. The van der Waals surface area contributed by atoms with Gasteiger partial charge in [0.1, 0.15) is 0 Å². The fourth-order valence-electron chi connectivity index (χ4n) is 2.34. The molecule has 1 aliphatic heterocycles. The largest absolute Gasteiger partial charge is 0.379 e. The third-order valence-corrected chi connectivity index (χ3v) is 4.73. The summed E-state index contributed by atoms with van der Waals surface area (Å²) in [6, 6.07) is 8.98. The first kappa shape index (κ1) is 11.7. The molecule has 3 nitrogen and oxygen atoms in total. The number of benzene rings is 1. The molecule has 2 atom stereocenters. The monoisotopic (exact) mass is 259 g/mol. The Bertz CT molecular complexity index is 510. The molecule has 1 fully saturated rings. The summed E-state index contributed by atoms with van der Waals surface area (Å²) in [6.07, 6.45) is 6.87. The summed E-state index contributed by atoms with van der Waals surface area (Å²) in [5, 5.41) is 4.36. The summed E-state index contributed by atoms with van der Waals surface area (Å²) >= 11 is 2.05. The average molecular weight is 259 g/mol. The smallest absolute Gasteiger partial charge is 0.0992 e. The van der Waals surface area contributed by atoms with E-state index in [1.807, 2.05) is 30.5 Å². The molecule has 18 heavy (non-hydrogen) atoms. The molecule has 4 heteroatoms. The maximum atomic E-state index is 4.12. The van der Waals surface area contributed by atoms with Crippen molar-refractivity contribution in [2.24, 2.45) is 0 Å². The summed E-state index contributed by atoms with van der Waals surface area (Å²) in [4.78, 5) is 4.12. The molecule has 1 aliphatic rings. The minimum Gasteiger partial charge on any atom is -0.379 e. The van der Waals surface area contributed by atoms with E-state index in [0.717, 1.165) is 0 Å². The van der Waals surface area contributed by atoms with E-state index in [1.165, 1.54) is 23.5 Å². The van der Waals surface area contributed by atoms with Crippen molar-refractivity contribution in [1.29, 1.82) is 0 Å². The van der Waals surface area contributed by atoms with Crippen LogP contribution in [0.5, 0.6) is 0 Å². The molecule has 2 aromatic rings. The van der Waals surface area contributed by atoms with Gasteiger partial charge in [-0.2, -0.15) is 11.8 Å². The van der Waals surface area contributed by atoms with Crippen LogP contribution in [0.2, 0.25) is 0 Å². The van der Waals surface area contributed by atoms with Gasteiger partial charge in [0.25, 0.3) is 0 Å². The molecule has 0 amide bonds. The number of nitrogens with zero attached hydrogens (tertiary/aromatic N) is 2. The van der Waals surface area contributed by atoms with Crippen molar-refractivity contribution in [2.75, 3.05) is 11.1 Å². The number of hydrogen-bond acceptors (Lipinski definition) is 3. The van der Waals surface area contributed by atoms with Crippen LogP contribution < -0.4 is 5.32 Å². The topological polar surface area (TPSA) is 29.9 Å². The summed E-state index contributed by atoms with van der Waals surface area (Å²) in [7, 11) is 0. The highest BCUT2D eigenvalue weighted by atomic mass is 32.2. The highest BCUT2D eigenvalue weighted by molar-refractivity contribution is 8.00. The van der Waals surface area contributed by atoms with Gasteiger partial charge in [-0.3, -0.25) is 0 Å². The Hall–Kier alpha value is -1.42. The Morgan fingerprint density at radius 3 is 3.00 bits per heavy atom. The molecule has 1 saturated heterocycles. The van der Waals surface area contributed by atoms with Crippen molar-refractivity contribution in [3.8, 4) is 5.69 Å². The van der Waals surface area contributed by atoms with Crippen LogP contribution >= 0.6 is 11.8 Å². The summed E-state index contributed by atoms with van der Waals surface area (Å²) < 4.78 is 2.05. The number of nitrogens with one attached hydrogen (secondary N) is 1. The van der Waals surface area contributed by atoms with Crippen molar-refractivity contribution in [1.82, 2.24) is 9.55 Å². The Morgan fingerprint density at radius 1 is 1.39 bits per heavy atom. The number of hydrogen-bond donors (Lipinski definition) is 1. The zero-order valence-corrected chi connectivity index (χ0v) is 11.2. The van der Waals surface area contributed by atoms with E-state index < -0.39 is 0 Å². The molecular weight excluding hydrogens is 242 g/mol. The summed E-state index contributed by atoms with van der Waals surface area (Å²) in [6.45, 7) is 2.30. The van der Waals surface area contributed by atoms with E-state index in [2.05, 4.69) is 46.1 Å². The Labute approximate surface area is 112 Å². The lowest BCUT2D eigenvalue weighted by molar-refractivity contribution is 0.723. The lowest BCUT2D eigenvalue weighted by atomic mass is 10.1. The third kappa shape index (κ3) is 2.25. The molecule has 0 radical (unpaired) electrons. The standard InChI is InChI=1S/C14H17N3S/c1-11-12(6-9-18-11)16-13-4-2-3-5-14(13)17-8-7-15-10-17/h2-5,7-8,10-12,16H,6,9H2,1H3. The van der Waals surface area contributed by atoms with Crippen molar-refractivity contribution in [3.63, 3.8) is 0 Å². The molecule has 2 heterocycles. The molecule has 0 saturated carbocycles. The molecule has 0 aliphatic carbocycles. The van der Waals surface area contributed by atoms with Crippen LogP contribution in [0.15, 0.2) is 43.0 Å². The quantitative estimate of drug-likeness (QED) is 0.918. The second-order valence-electron chi connectivity index (χ2n) is 4.60. The van der Waals surface area contributed by atoms with E-state index >= 15 is 0 Å². The first-order valence-corrected chi connectivity index (χ1v) is 7.35. The van der Waals surface area contributed by atoms with E-state index in [1.54, 1.807) is 0 Å². The van der Waals surface area contributed by atoms with Gasteiger partial charge in [-0.1, -0.05) is 19.1 Å². The Kier molecular flexibility index (Phi) is 3.28. The van der Waals surface area contributed by atoms with E-state index in [0.29, 0.717) is 11.3 Å². The summed E-state index contributed by atoms with van der Waals surface area (Å²) in [5.74, 6) is 1.26. The second-order valence-corrected chi connectivity index (χ2v) is 6.09. The van der Waals surface area contributed by atoms with Crippen LogP contribution in [-0.4, -0.2) is 26.6 Å². The fraction of sp³-hybridized carbons (Fsp3) is 0.357. The van der Waals surface area contributed by atoms with E-state index in [-0.39, 0.29) is 0 Å². The maximum Gasteiger partial charge on any atom is 0.0992 e.